The second kappa shape index (κ2) is 8.43. The standard InChI is InChI=1S/C19H32N2/c1-3-4-8-17-11-14-21(15-12-17)13-6-10-18-9-5-7-16(2)19(18)20/h5,7,9,17H,3-4,6,8,10-15,20H2,1-2H3. The van der Waals surface area contributed by atoms with E-state index in [1.165, 1.54) is 69.3 Å². The number of anilines is 1. The van der Waals surface area contributed by atoms with Crippen molar-refractivity contribution in [2.75, 3.05) is 25.4 Å². The molecule has 0 saturated carbocycles. The highest BCUT2D eigenvalue weighted by Gasteiger charge is 2.18. The molecule has 21 heavy (non-hydrogen) atoms. The third-order valence-corrected chi connectivity index (χ3v) is 5.01. The van der Waals surface area contributed by atoms with Crippen molar-refractivity contribution >= 4 is 5.69 Å². The van der Waals surface area contributed by atoms with Gasteiger partial charge in [-0.2, -0.15) is 0 Å². The van der Waals surface area contributed by atoms with Gasteiger partial charge in [0, 0.05) is 5.69 Å². The molecular formula is C19H32N2. The highest BCUT2D eigenvalue weighted by molar-refractivity contribution is 5.53. The summed E-state index contributed by atoms with van der Waals surface area (Å²) in [6.07, 6.45) is 9.37. The first-order chi connectivity index (χ1) is 10.2. The second-order valence-corrected chi connectivity index (χ2v) is 6.68. The fraction of sp³-hybridized carbons (Fsp3) is 0.684. The number of nitrogens with two attached hydrogens (primary N) is 1. The van der Waals surface area contributed by atoms with E-state index in [0.717, 1.165) is 18.0 Å². The van der Waals surface area contributed by atoms with Gasteiger partial charge in [-0.25, -0.2) is 0 Å². The zero-order valence-corrected chi connectivity index (χ0v) is 13.9. The van der Waals surface area contributed by atoms with Crippen molar-refractivity contribution in [1.29, 1.82) is 0 Å². The van der Waals surface area contributed by atoms with E-state index in [1.54, 1.807) is 0 Å². The maximum atomic E-state index is 6.15. The van der Waals surface area contributed by atoms with Gasteiger partial charge in [0.05, 0.1) is 0 Å². The van der Waals surface area contributed by atoms with Crippen molar-refractivity contribution in [3.8, 4) is 0 Å². The predicted molar refractivity (Wildman–Crippen MR) is 92.6 cm³/mol. The van der Waals surface area contributed by atoms with Gasteiger partial charge in [-0.3, -0.25) is 0 Å². The van der Waals surface area contributed by atoms with E-state index in [0.29, 0.717) is 0 Å². The van der Waals surface area contributed by atoms with E-state index in [-0.39, 0.29) is 0 Å². The van der Waals surface area contributed by atoms with E-state index in [1.807, 2.05) is 0 Å². The average Bonchev–Trinajstić information content (AvgIpc) is 2.51. The summed E-state index contributed by atoms with van der Waals surface area (Å²) < 4.78 is 0. The van der Waals surface area contributed by atoms with Crippen molar-refractivity contribution < 1.29 is 0 Å². The fourth-order valence-electron chi connectivity index (χ4n) is 3.44. The molecule has 2 heteroatoms. The molecule has 2 N–H and O–H groups in total. The van der Waals surface area contributed by atoms with E-state index in [2.05, 4.69) is 36.9 Å². The Balaban J connectivity index is 1.67. The summed E-state index contributed by atoms with van der Waals surface area (Å²) in [4.78, 5) is 2.65. The van der Waals surface area contributed by atoms with Crippen LogP contribution < -0.4 is 5.73 Å². The van der Waals surface area contributed by atoms with E-state index in [9.17, 15) is 0 Å². The first-order valence-corrected chi connectivity index (χ1v) is 8.77. The molecule has 0 atom stereocenters. The zero-order chi connectivity index (χ0) is 15.1. The van der Waals surface area contributed by atoms with Crippen LogP contribution in [0.25, 0.3) is 0 Å². The van der Waals surface area contributed by atoms with Gasteiger partial charge >= 0.3 is 0 Å². The Labute approximate surface area is 130 Å². The number of aryl methyl sites for hydroxylation is 2. The van der Waals surface area contributed by atoms with Crippen LogP contribution in [0.2, 0.25) is 0 Å². The lowest BCUT2D eigenvalue weighted by Gasteiger charge is -2.32. The molecule has 0 unspecified atom stereocenters. The summed E-state index contributed by atoms with van der Waals surface area (Å²) >= 11 is 0. The number of nitrogens with zero attached hydrogens (tertiary/aromatic N) is 1. The topological polar surface area (TPSA) is 29.3 Å². The monoisotopic (exact) mass is 288 g/mol. The average molecular weight is 288 g/mol. The zero-order valence-electron chi connectivity index (χ0n) is 13.9. The second-order valence-electron chi connectivity index (χ2n) is 6.68. The first kappa shape index (κ1) is 16.4. The van der Waals surface area contributed by atoms with Crippen molar-refractivity contribution in [1.82, 2.24) is 4.90 Å². The smallest absolute Gasteiger partial charge is 0.0376 e. The molecule has 0 bridgehead atoms. The Hall–Kier alpha value is -1.02. The van der Waals surface area contributed by atoms with Crippen molar-refractivity contribution in [2.24, 2.45) is 5.92 Å². The van der Waals surface area contributed by atoms with Crippen LogP contribution in [0.3, 0.4) is 0 Å². The molecule has 2 nitrogen and oxygen atoms in total. The number of unbranched alkanes of at least 4 members (excludes halogenated alkanes) is 1. The maximum absolute atomic E-state index is 6.15. The number of rotatable bonds is 7. The molecule has 1 saturated heterocycles. The Kier molecular flexibility index (Phi) is 6.56. The van der Waals surface area contributed by atoms with Gasteiger partial charge in [-0.1, -0.05) is 44.4 Å². The number of likely N-dealkylation sites (tertiary alicyclic amines) is 1. The van der Waals surface area contributed by atoms with Crippen LogP contribution in [-0.2, 0) is 6.42 Å². The number of piperidine rings is 1. The maximum Gasteiger partial charge on any atom is 0.0376 e. The van der Waals surface area contributed by atoms with Crippen LogP contribution in [0.1, 0.15) is 56.6 Å². The van der Waals surface area contributed by atoms with Crippen LogP contribution in [0.4, 0.5) is 5.69 Å². The highest BCUT2D eigenvalue weighted by atomic mass is 15.1. The van der Waals surface area contributed by atoms with Crippen LogP contribution in [-0.4, -0.2) is 24.5 Å². The molecule has 0 spiro atoms. The Morgan fingerprint density at radius 3 is 2.67 bits per heavy atom. The Morgan fingerprint density at radius 2 is 1.95 bits per heavy atom. The number of hydrogen-bond donors (Lipinski definition) is 1. The van der Waals surface area contributed by atoms with E-state index in [4.69, 9.17) is 5.73 Å². The summed E-state index contributed by atoms with van der Waals surface area (Å²) in [5, 5.41) is 0. The van der Waals surface area contributed by atoms with Gasteiger partial charge in [-0.15, -0.1) is 0 Å². The summed E-state index contributed by atoms with van der Waals surface area (Å²) in [6, 6.07) is 6.40. The largest absolute Gasteiger partial charge is 0.398 e. The van der Waals surface area contributed by atoms with Gasteiger partial charge in [0.15, 0.2) is 0 Å². The summed E-state index contributed by atoms with van der Waals surface area (Å²) in [5.74, 6) is 0.994. The lowest BCUT2D eigenvalue weighted by atomic mass is 9.91. The minimum Gasteiger partial charge on any atom is -0.398 e. The summed E-state index contributed by atoms with van der Waals surface area (Å²) in [7, 11) is 0. The minimum absolute atomic E-state index is 0.994. The minimum atomic E-state index is 0.994. The lowest BCUT2D eigenvalue weighted by molar-refractivity contribution is 0.176. The molecule has 1 aromatic carbocycles. The van der Waals surface area contributed by atoms with Crippen LogP contribution >= 0.6 is 0 Å². The van der Waals surface area contributed by atoms with Gasteiger partial charge in [0.2, 0.25) is 0 Å². The predicted octanol–water partition coefficient (Wildman–Crippen LogP) is 4.41. The van der Waals surface area contributed by atoms with Gasteiger partial charge in [-0.05, 0) is 69.3 Å². The van der Waals surface area contributed by atoms with Crippen LogP contribution in [0.15, 0.2) is 18.2 Å². The van der Waals surface area contributed by atoms with E-state index < -0.39 is 0 Å². The number of benzene rings is 1. The summed E-state index contributed by atoms with van der Waals surface area (Å²) in [5.41, 5.74) is 9.69. The quantitative estimate of drug-likeness (QED) is 0.753. The molecular weight excluding hydrogens is 256 g/mol. The van der Waals surface area contributed by atoms with Gasteiger partial charge in [0.1, 0.15) is 0 Å². The number of para-hydroxylation sites is 1. The number of nitrogen functional groups attached to an aromatic ring is 1. The molecule has 1 aliphatic rings. The van der Waals surface area contributed by atoms with E-state index >= 15 is 0 Å². The van der Waals surface area contributed by atoms with Crippen molar-refractivity contribution in [2.45, 2.75) is 58.8 Å². The molecule has 1 aromatic rings. The molecule has 1 fully saturated rings. The molecule has 0 amide bonds. The van der Waals surface area contributed by atoms with Crippen molar-refractivity contribution in [3.63, 3.8) is 0 Å². The van der Waals surface area contributed by atoms with Crippen LogP contribution in [0.5, 0.6) is 0 Å². The molecule has 1 aliphatic heterocycles. The molecule has 1 heterocycles. The third-order valence-electron chi connectivity index (χ3n) is 5.01. The summed E-state index contributed by atoms with van der Waals surface area (Å²) in [6.45, 7) is 8.23. The van der Waals surface area contributed by atoms with Gasteiger partial charge in [0.25, 0.3) is 0 Å². The van der Waals surface area contributed by atoms with Crippen molar-refractivity contribution in [3.05, 3.63) is 29.3 Å². The molecule has 2 rings (SSSR count). The Morgan fingerprint density at radius 1 is 1.19 bits per heavy atom. The molecule has 0 aromatic heterocycles. The fourth-order valence-corrected chi connectivity index (χ4v) is 3.44. The highest BCUT2D eigenvalue weighted by Crippen LogP contribution is 2.23. The molecule has 0 radical (unpaired) electrons. The van der Waals surface area contributed by atoms with Gasteiger partial charge < -0.3 is 10.6 Å². The third kappa shape index (κ3) is 5.03. The SMILES string of the molecule is CCCCC1CCN(CCCc2cccc(C)c2N)CC1. The first-order valence-electron chi connectivity index (χ1n) is 8.77. The lowest BCUT2D eigenvalue weighted by Crippen LogP contribution is -2.34. The Bertz CT molecular complexity index is 420. The normalized spacial score (nSPS) is 17.2. The molecule has 0 aliphatic carbocycles. The van der Waals surface area contributed by atoms with Crippen LogP contribution in [0, 0.1) is 12.8 Å². The molecule has 118 valence electrons. The number of hydrogen-bond acceptors (Lipinski definition) is 2.